The Bertz CT molecular complexity index is 1500. The molecule has 1 aliphatic heterocycles. The number of ether oxygens (including phenoxy) is 3. The van der Waals surface area contributed by atoms with Gasteiger partial charge in [0, 0.05) is 34.8 Å². The first-order valence-electron chi connectivity index (χ1n) is 14.0. The fourth-order valence-corrected chi connectivity index (χ4v) is 8.51. The molecule has 8 nitrogen and oxygen atoms in total. The average Bonchev–Trinajstić information content (AvgIpc) is 3.62. The van der Waals surface area contributed by atoms with Gasteiger partial charge in [-0.15, -0.1) is 0 Å². The molecule has 2 aromatic carbocycles. The SMILES string of the molecule is O=C1OC2C3CC(CC13)C2OC(=O)C1C2c3ccccc3C(c3ccccc32)C1C(=O)OCCC(F)(F)C(F)(F)S(=O)[O-]. The van der Waals surface area contributed by atoms with Crippen LogP contribution in [-0.2, 0) is 39.7 Å². The maximum Gasteiger partial charge on any atom is 0.371 e. The summed E-state index contributed by atoms with van der Waals surface area (Å²) in [6, 6.07) is 14.4. The fourth-order valence-electron chi connectivity index (χ4n) is 8.16. The van der Waals surface area contributed by atoms with Crippen LogP contribution < -0.4 is 0 Å². The van der Waals surface area contributed by atoms with Gasteiger partial charge in [0.2, 0.25) is 0 Å². The summed E-state index contributed by atoms with van der Waals surface area (Å²) in [5, 5.41) is -5.36. The summed E-state index contributed by atoms with van der Waals surface area (Å²) in [5.74, 6) is -11.2. The molecule has 6 aliphatic rings. The van der Waals surface area contributed by atoms with Crippen LogP contribution >= 0.6 is 0 Å². The molecule has 2 saturated carbocycles. The lowest BCUT2D eigenvalue weighted by atomic mass is 9.54. The zero-order valence-electron chi connectivity index (χ0n) is 22.3. The van der Waals surface area contributed by atoms with E-state index < -0.39 is 83.1 Å². The second kappa shape index (κ2) is 9.85. The first-order valence-corrected chi connectivity index (χ1v) is 15.1. The van der Waals surface area contributed by atoms with E-state index in [1.165, 1.54) is 0 Å². The van der Waals surface area contributed by atoms with Crippen LogP contribution in [0.15, 0.2) is 48.5 Å². The number of alkyl halides is 4. The van der Waals surface area contributed by atoms with Crippen LogP contribution in [0.25, 0.3) is 0 Å². The van der Waals surface area contributed by atoms with E-state index in [0.717, 1.165) is 22.3 Å². The smallest absolute Gasteiger partial charge is 0.371 e. The predicted molar refractivity (Wildman–Crippen MR) is 137 cm³/mol. The van der Waals surface area contributed by atoms with Crippen molar-refractivity contribution in [2.75, 3.05) is 6.61 Å². The van der Waals surface area contributed by atoms with Crippen molar-refractivity contribution >= 4 is 29.0 Å². The first-order chi connectivity index (χ1) is 20.4. The molecule has 43 heavy (non-hydrogen) atoms. The predicted octanol–water partition coefficient (Wildman–Crippen LogP) is 4.04. The molecule has 0 radical (unpaired) electrons. The molecule has 3 fully saturated rings. The molecular weight excluding hydrogens is 596 g/mol. The molecule has 2 aromatic rings. The molecule has 0 amide bonds. The number of halogens is 4. The minimum absolute atomic E-state index is 0.0384. The van der Waals surface area contributed by atoms with Crippen LogP contribution in [0.1, 0.15) is 53.4 Å². The highest BCUT2D eigenvalue weighted by atomic mass is 32.2. The highest BCUT2D eigenvalue weighted by Gasteiger charge is 2.65. The van der Waals surface area contributed by atoms with Gasteiger partial charge in [0.25, 0.3) is 0 Å². The van der Waals surface area contributed by atoms with Crippen molar-refractivity contribution in [3.8, 4) is 0 Å². The monoisotopic (exact) mass is 621 g/mol. The zero-order chi connectivity index (χ0) is 30.4. The number of benzene rings is 2. The van der Waals surface area contributed by atoms with E-state index >= 15 is 0 Å². The number of hydrogen-bond acceptors (Lipinski definition) is 8. The molecule has 8 rings (SSSR count). The lowest BCUT2D eigenvalue weighted by Crippen LogP contribution is -2.50. The Morgan fingerprint density at radius 2 is 1.44 bits per heavy atom. The Hall–Kier alpha value is -3.32. The summed E-state index contributed by atoms with van der Waals surface area (Å²) in [5.41, 5.74) is 3.06. The largest absolute Gasteiger partial charge is 0.768 e. The van der Waals surface area contributed by atoms with Crippen LogP contribution in [-0.4, -0.2) is 56.7 Å². The summed E-state index contributed by atoms with van der Waals surface area (Å²) in [6.45, 7) is -1.20. The number of rotatable bonds is 8. The molecular formula is C30H25F4O8S-. The summed E-state index contributed by atoms with van der Waals surface area (Å²) < 4.78 is 93.3. The number of carbonyl (C=O) groups is 3. The maximum atomic E-state index is 14.1. The molecule has 1 saturated heterocycles. The zero-order valence-corrected chi connectivity index (χ0v) is 23.1. The number of hydrogen-bond donors (Lipinski definition) is 0. The van der Waals surface area contributed by atoms with Gasteiger partial charge in [-0.25, -0.2) is 0 Å². The molecule has 5 aliphatic carbocycles. The van der Waals surface area contributed by atoms with E-state index in [-0.39, 0.29) is 23.7 Å². The van der Waals surface area contributed by atoms with E-state index in [1.54, 1.807) is 36.4 Å². The van der Waals surface area contributed by atoms with Crippen molar-refractivity contribution in [3.63, 3.8) is 0 Å². The van der Waals surface area contributed by atoms with Gasteiger partial charge >= 0.3 is 29.1 Å². The molecule has 0 spiro atoms. The van der Waals surface area contributed by atoms with E-state index in [9.17, 15) is 40.7 Å². The van der Waals surface area contributed by atoms with Gasteiger partial charge in [0.15, 0.2) is 0 Å². The lowest BCUT2D eigenvalue weighted by molar-refractivity contribution is -0.180. The molecule has 228 valence electrons. The summed E-state index contributed by atoms with van der Waals surface area (Å²) in [4.78, 5) is 40.0. The van der Waals surface area contributed by atoms with Crippen LogP contribution in [0.2, 0.25) is 0 Å². The van der Waals surface area contributed by atoms with Crippen molar-refractivity contribution in [2.45, 2.75) is 54.5 Å². The minimum atomic E-state index is -5.36. The molecule has 0 N–H and O–H groups in total. The van der Waals surface area contributed by atoms with Crippen molar-refractivity contribution in [1.82, 2.24) is 0 Å². The maximum absolute atomic E-state index is 14.1. The van der Waals surface area contributed by atoms with Gasteiger partial charge in [0.1, 0.15) is 12.2 Å². The third-order valence-electron chi connectivity index (χ3n) is 9.94. The summed E-state index contributed by atoms with van der Waals surface area (Å²) in [7, 11) is 0. The topological polar surface area (TPSA) is 119 Å². The average molecular weight is 622 g/mol. The second-order valence-electron chi connectivity index (χ2n) is 11.9. The van der Waals surface area contributed by atoms with Crippen molar-refractivity contribution in [3.05, 3.63) is 70.8 Å². The third-order valence-corrected chi connectivity index (χ3v) is 10.7. The van der Waals surface area contributed by atoms with Gasteiger partial charge in [0.05, 0.1) is 30.8 Å². The van der Waals surface area contributed by atoms with Crippen molar-refractivity contribution in [2.24, 2.45) is 29.6 Å². The lowest BCUT2D eigenvalue weighted by Gasteiger charge is -2.48. The molecule has 4 bridgehead atoms. The van der Waals surface area contributed by atoms with E-state index in [0.29, 0.717) is 12.8 Å². The quantitative estimate of drug-likeness (QED) is 0.188. The molecule has 0 aromatic heterocycles. The van der Waals surface area contributed by atoms with Crippen LogP contribution in [0.3, 0.4) is 0 Å². The normalized spacial score (nSPS) is 33.9. The Kier molecular flexibility index (Phi) is 6.52. The van der Waals surface area contributed by atoms with E-state index in [2.05, 4.69) is 0 Å². The fraction of sp³-hybridized carbons (Fsp3) is 0.500. The molecule has 8 unspecified atom stereocenters. The van der Waals surface area contributed by atoms with Gasteiger partial charge < -0.3 is 18.8 Å². The Balaban J connectivity index is 1.21. The van der Waals surface area contributed by atoms with Crippen molar-refractivity contribution in [1.29, 1.82) is 0 Å². The van der Waals surface area contributed by atoms with Gasteiger partial charge in [-0.2, -0.15) is 17.6 Å². The minimum Gasteiger partial charge on any atom is -0.768 e. The standard InChI is InChI=1S/C30H26F4O8S/c31-29(32,30(33,34)43(38)39)9-10-40-27(36)22-20-14-5-1-3-7-16(14)21(17-8-4-2-6-15(17)20)23(22)28(37)41-24-13-11-18-19(12-13)26(35)42-25(18)24/h1-8,13,18-25H,9-12H2,(H,38,39)/p-1. The summed E-state index contributed by atoms with van der Waals surface area (Å²) >= 11 is -4.40. The number of esters is 3. The number of carbonyl (C=O) groups excluding carboxylic acids is 3. The Morgan fingerprint density at radius 3 is 1.98 bits per heavy atom. The summed E-state index contributed by atoms with van der Waals surface area (Å²) in [6.07, 6.45) is -1.78. The highest BCUT2D eigenvalue weighted by Crippen LogP contribution is 2.60. The number of fused-ring (bicyclic) bond motifs is 2. The van der Waals surface area contributed by atoms with Gasteiger partial charge in [-0.3, -0.25) is 18.6 Å². The highest BCUT2D eigenvalue weighted by molar-refractivity contribution is 7.80. The van der Waals surface area contributed by atoms with E-state index in [4.69, 9.17) is 14.2 Å². The van der Waals surface area contributed by atoms with Gasteiger partial charge in [-0.05, 0) is 35.1 Å². The van der Waals surface area contributed by atoms with Crippen LogP contribution in [0.4, 0.5) is 17.6 Å². The second-order valence-corrected chi connectivity index (χ2v) is 12.9. The molecule has 1 heterocycles. The Morgan fingerprint density at radius 1 is 0.907 bits per heavy atom. The van der Waals surface area contributed by atoms with E-state index in [1.807, 2.05) is 12.1 Å². The van der Waals surface area contributed by atoms with Crippen molar-refractivity contribution < 1.29 is 54.9 Å². The Labute approximate surface area is 245 Å². The van der Waals surface area contributed by atoms with Crippen LogP contribution in [0, 0.1) is 29.6 Å². The molecule has 8 atom stereocenters. The van der Waals surface area contributed by atoms with Crippen LogP contribution in [0.5, 0.6) is 0 Å². The first kappa shape index (κ1) is 28.5. The molecule has 13 heteroatoms. The van der Waals surface area contributed by atoms with Gasteiger partial charge in [-0.1, -0.05) is 48.5 Å². The third kappa shape index (κ3) is 4.10.